The number of aromatic nitrogens is 1. The largest absolute Gasteiger partial charge is 0.355 e. The summed E-state index contributed by atoms with van der Waals surface area (Å²) in [6.45, 7) is 2.76. The number of nitrogens with one attached hydrogen (secondary N) is 1. The summed E-state index contributed by atoms with van der Waals surface area (Å²) in [5.74, 6) is 0.106. The van der Waals surface area contributed by atoms with Gasteiger partial charge in [0.15, 0.2) is 0 Å². The second kappa shape index (κ2) is 6.56. The van der Waals surface area contributed by atoms with Crippen molar-refractivity contribution < 1.29 is 4.79 Å². The topological polar surface area (TPSA) is 42.0 Å². The molecular weight excluding hydrogens is 272 g/mol. The Hall–Kier alpha value is -2.42. The Labute approximate surface area is 131 Å². The van der Waals surface area contributed by atoms with Gasteiger partial charge in [-0.05, 0) is 48.6 Å². The van der Waals surface area contributed by atoms with Crippen LogP contribution in [0.4, 0.5) is 0 Å². The normalized spacial score (nSPS) is 16.5. The highest BCUT2D eigenvalue weighted by molar-refractivity contribution is 6.05. The van der Waals surface area contributed by atoms with Crippen molar-refractivity contribution in [2.24, 2.45) is 5.92 Å². The third kappa shape index (κ3) is 3.25. The van der Waals surface area contributed by atoms with Crippen molar-refractivity contribution in [1.82, 2.24) is 10.3 Å². The lowest BCUT2D eigenvalue weighted by Gasteiger charge is -2.06. The maximum atomic E-state index is 12.2. The van der Waals surface area contributed by atoms with Gasteiger partial charge in [0.05, 0.1) is 5.92 Å². The Morgan fingerprint density at radius 1 is 1.14 bits per heavy atom. The first-order valence-corrected chi connectivity index (χ1v) is 7.70. The van der Waals surface area contributed by atoms with Crippen LogP contribution in [0.2, 0.25) is 0 Å². The molecule has 0 saturated heterocycles. The number of pyridine rings is 1. The average Bonchev–Trinajstić information content (AvgIpc) is 3.24. The molecule has 22 heavy (non-hydrogen) atoms. The number of carbonyl (C=O) groups is 1. The highest BCUT2D eigenvalue weighted by Crippen LogP contribution is 2.46. The van der Waals surface area contributed by atoms with Gasteiger partial charge >= 0.3 is 0 Å². The van der Waals surface area contributed by atoms with Gasteiger partial charge in [-0.2, -0.15) is 0 Å². The van der Waals surface area contributed by atoms with Crippen LogP contribution in [0.15, 0.2) is 60.4 Å². The SMILES string of the molecule is CC1=C(c2ccccc2)[C@H]1C(=O)NCCCc1ccncc1. The van der Waals surface area contributed by atoms with Gasteiger partial charge in [-0.1, -0.05) is 35.9 Å². The van der Waals surface area contributed by atoms with Gasteiger partial charge in [0.2, 0.25) is 5.91 Å². The summed E-state index contributed by atoms with van der Waals surface area (Å²) in [6, 6.07) is 14.2. The lowest BCUT2D eigenvalue weighted by atomic mass is 10.1. The summed E-state index contributed by atoms with van der Waals surface area (Å²) < 4.78 is 0. The summed E-state index contributed by atoms with van der Waals surface area (Å²) >= 11 is 0. The summed E-state index contributed by atoms with van der Waals surface area (Å²) in [5.41, 5.74) is 4.80. The highest BCUT2D eigenvalue weighted by atomic mass is 16.2. The Balaban J connectivity index is 1.44. The van der Waals surface area contributed by atoms with Crippen LogP contribution in [0.25, 0.3) is 5.57 Å². The molecule has 1 aromatic carbocycles. The van der Waals surface area contributed by atoms with Crippen molar-refractivity contribution in [3.63, 3.8) is 0 Å². The first-order valence-electron chi connectivity index (χ1n) is 7.70. The average molecular weight is 292 g/mol. The third-order valence-corrected chi connectivity index (χ3v) is 4.10. The van der Waals surface area contributed by atoms with Gasteiger partial charge in [0, 0.05) is 18.9 Å². The van der Waals surface area contributed by atoms with E-state index in [1.54, 1.807) is 12.4 Å². The molecule has 112 valence electrons. The first-order chi connectivity index (χ1) is 10.8. The zero-order chi connectivity index (χ0) is 15.4. The predicted molar refractivity (Wildman–Crippen MR) is 88.1 cm³/mol. The maximum Gasteiger partial charge on any atom is 0.231 e. The standard InChI is InChI=1S/C19H20N2O/c1-14-17(16-7-3-2-4-8-16)18(14)19(22)21-11-5-6-15-9-12-20-13-10-15/h2-4,7-10,12-13,18H,5-6,11H2,1H3,(H,21,22)/t18-/m0/s1. The zero-order valence-corrected chi connectivity index (χ0v) is 12.8. The van der Waals surface area contributed by atoms with Crippen LogP contribution in [0, 0.1) is 5.92 Å². The van der Waals surface area contributed by atoms with Crippen molar-refractivity contribution >= 4 is 11.5 Å². The van der Waals surface area contributed by atoms with Gasteiger partial charge in [-0.3, -0.25) is 9.78 Å². The maximum absolute atomic E-state index is 12.2. The van der Waals surface area contributed by atoms with Crippen LogP contribution in [0.5, 0.6) is 0 Å². The number of benzene rings is 1. The molecule has 0 saturated carbocycles. The molecule has 3 heteroatoms. The molecule has 0 radical (unpaired) electrons. The molecule has 0 fully saturated rings. The molecule has 1 aliphatic rings. The van der Waals surface area contributed by atoms with E-state index in [0.717, 1.165) is 18.4 Å². The molecule has 0 aliphatic heterocycles. The van der Waals surface area contributed by atoms with Crippen LogP contribution >= 0.6 is 0 Å². The van der Waals surface area contributed by atoms with E-state index >= 15 is 0 Å². The summed E-state index contributed by atoms with van der Waals surface area (Å²) in [4.78, 5) is 16.3. The van der Waals surface area contributed by atoms with Crippen LogP contribution in [-0.2, 0) is 11.2 Å². The van der Waals surface area contributed by atoms with Crippen LogP contribution in [-0.4, -0.2) is 17.4 Å². The minimum atomic E-state index is -0.0247. The molecular formula is C19H20N2O. The van der Waals surface area contributed by atoms with Crippen LogP contribution in [0.3, 0.4) is 0 Å². The van der Waals surface area contributed by atoms with E-state index in [9.17, 15) is 4.79 Å². The molecule has 1 atom stereocenters. The monoisotopic (exact) mass is 292 g/mol. The molecule has 1 aliphatic carbocycles. The molecule has 1 heterocycles. The van der Waals surface area contributed by atoms with Crippen LogP contribution < -0.4 is 5.32 Å². The van der Waals surface area contributed by atoms with E-state index in [-0.39, 0.29) is 11.8 Å². The molecule has 1 amide bonds. The fourth-order valence-electron chi connectivity index (χ4n) is 2.83. The quantitative estimate of drug-likeness (QED) is 0.831. The number of hydrogen-bond acceptors (Lipinski definition) is 2. The molecule has 0 unspecified atom stereocenters. The molecule has 2 aromatic rings. The Bertz CT molecular complexity index is 677. The number of carbonyl (C=O) groups excluding carboxylic acids is 1. The minimum absolute atomic E-state index is 0.0247. The zero-order valence-electron chi connectivity index (χ0n) is 12.8. The molecule has 1 N–H and O–H groups in total. The van der Waals surface area contributed by atoms with Crippen molar-refractivity contribution in [1.29, 1.82) is 0 Å². The van der Waals surface area contributed by atoms with Gasteiger partial charge in [-0.25, -0.2) is 0 Å². The van der Waals surface area contributed by atoms with Gasteiger partial charge < -0.3 is 5.32 Å². The summed E-state index contributed by atoms with van der Waals surface area (Å²) in [6.07, 6.45) is 5.52. The van der Waals surface area contributed by atoms with E-state index in [1.807, 2.05) is 37.3 Å². The number of nitrogens with zero attached hydrogens (tertiary/aromatic N) is 1. The van der Waals surface area contributed by atoms with Crippen molar-refractivity contribution in [2.75, 3.05) is 6.54 Å². The molecule has 1 aromatic heterocycles. The molecule has 3 nitrogen and oxygen atoms in total. The van der Waals surface area contributed by atoms with E-state index in [0.29, 0.717) is 6.54 Å². The summed E-state index contributed by atoms with van der Waals surface area (Å²) in [7, 11) is 0. The van der Waals surface area contributed by atoms with Crippen molar-refractivity contribution in [3.8, 4) is 0 Å². The van der Waals surface area contributed by atoms with E-state index in [2.05, 4.69) is 22.4 Å². The van der Waals surface area contributed by atoms with Crippen molar-refractivity contribution in [2.45, 2.75) is 19.8 Å². The van der Waals surface area contributed by atoms with E-state index in [4.69, 9.17) is 0 Å². The number of aryl methyl sites for hydroxylation is 1. The Morgan fingerprint density at radius 3 is 2.59 bits per heavy atom. The smallest absolute Gasteiger partial charge is 0.231 e. The highest BCUT2D eigenvalue weighted by Gasteiger charge is 2.39. The summed E-state index contributed by atoms with van der Waals surface area (Å²) in [5, 5.41) is 3.05. The third-order valence-electron chi connectivity index (χ3n) is 4.10. The fraction of sp³-hybridized carbons (Fsp3) is 0.263. The Morgan fingerprint density at radius 2 is 1.86 bits per heavy atom. The second-order valence-corrected chi connectivity index (χ2v) is 5.65. The predicted octanol–water partition coefficient (Wildman–Crippen LogP) is 3.23. The lowest BCUT2D eigenvalue weighted by Crippen LogP contribution is -2.27. The van der Waals surface area contributed by atoms with Gasteiger partial charge in [0.25, 0.3) is 0 Å². The fourth-order valence-corrected chi connectivity index (χ4v) is 2.83. The first kappa shape index (κ1) is 14.5. The Kier molecular flexibility index (Phi) is 4.33. The van der Waals surface area contributed by atoms with Crippen molar-refractivity contribution in [3.05, 3.63) is 71.6 Å². The molecule has 3 rings (SSSR count). The second-order valence-electron chi connectivity index (χ2n) is 5.65. The van der Waals surface area contributed by atoms with E-state index in [1.165, 1.54) is 16.7 Å². The molecule has 0 spiro atoms. The van der Waals surface area contributed by atoms with E-state index < -0.39 is 0 Å². The number of amides is 1. The number of rotatable bonds is 6. The number of hydrogen-bond donors (Lipinski definition) is 1. The molecule has 0 bridgehead atoms. The van der Waals surface area contributed by atoms with Gasteiger partial charge in [-0.15, -0.1) is 0 Å². The lowest BCUT2D eigenvalue weighted by molar-refractivity contribution is -0.121. The van der Waals surface area contributed by atoms with Gasteiger partial charge in [0.1, 0.15) is 0 Å². The van der Waals surface area contributed by atoms with Crippen LogP contribution in [0.1, 0.15) is 24.5 Å². The minimum Gasteiger partial charge on any atom is -0.355 e.